The van der Waals surface area contributed by atoms with Crippen LogP contribution in [0.2, 0.25) is 0 Å². The molecule has 0 nitrogen and oxygen atoms in total. The minimum Gasteiger partial charge on any atom is -0.207 e. The Bertz CT molecular complexity index is 599. The standard InChI is InChI=1S/C18H21FS2/c1-13-4-5-14(10-17(2,20)9-8-13)15-6-7-16(19)12-18(3,21)11-15/h4-13,20-21H,1-3H3/b5-4-,9-8-,14-10+/t13-,17?,18?/m1/s1. The first-order valence-electron chi connectivity index (χ1n) is 7.02. The van der Waals surface area contributed by atoms with E-state index in [4.69, 9.17) is 0 Å². The van der Waals surface area contributed by atoms with Crippen LogP contribution in [0.4, 0.5) is 4.39 Å². The number of hydrogen-bond acceptors (Lipinski definition) is 2. The Kier molecular flexibility index (Phi) is 4.74. The average molecular weight is 320 g/mol. The topological polar surface area (TPSA) is 0 Å². The number of halogens is 1. The van der Waals surface area contributed by atoms with Crippen molar-refractivity contribution in [1.29, 1.82) is 0 Å². The van der Waals surface area contributed by atoms with E-state index in [-0.39, 0.29) is 10.6 Å². The minimum absolute atomic E-state index is 0.268. The molecule has 3 atom stereocenters. The molecule has 0 saturated carbocycles. The van der Waals surface area contributed by atoms with E-state index in [2.05, 4.69) is 62.6 Å². The molecule has 2 aliphatic rings. The molecule has 2 rings (SSSR count). The van der Waals surface area contributed by atoms with Gasteiger partial charge >= 0.3 is 0 Å². The predicted molar refractivity (Wildman–Crippen MR) is 96.7 cm³/mol. The molecular weight excluding hydrogens is 299 g/mol. The van der Waals surface area contributed by atoms with Crippen molar-refractivity contribution >= 4 is 25.3 Å². The maximum absolute atomic E-state index is 13.7. The van der Waals surface area contributed by atoms with E-state index in [1.807, 2.05) is 19.9 Å². The molecule has 0 heterocycles. The van der Waals surface area contributed by atoms with Crippen molar-refractivity contribution in [2.24, 2.45) is 5.92 Å². The third-order valence-electron chi connectivity index (χ3n) is 3.40. The molecule has 0 N–H and O–H groups in total. The van der Waals surface area contributed by atoms with Crippen molar-refractivity contribution < 1.29 is 4.39 Å². The van der Waals surface area contributed by atoms with Gasteiger partial charge in [-0.05, 0) is 43.1 Å². The lowest BCUT2D eigenvalue weighted by Gasteiger charge is -2.21. The Labute approximate surface area is 137 Å². The smallest absolute Gasteiger partial charge is 0.120 e. The fraction of sp³-hybridized carbons (Fsp3) is 0.333. The fourth-order valence-electron chi connectivity index (χ4n) is 2.34. The molecular formula is C18H21FS2. The molecule has 2 unspecified atom stereocenters. The lowest BCUT2D eigenvalue weighted by Crippen LogP contribution is -2.13. The van der Waals surface area contributed by atoms with Gasteiger partial charge < -0.3 is 0 Å². The van der Waals surface area contributed by atoms with Crippen LogP contribution in [0.1, 0.15) is 20.8 Å². The summed E-state index contributed by atoms with van der Waals surface area (Å²) in [7, 11) is 0. The molecule has 0 bridgehead atoms. The van der Waals surface area contributed by atoms with Crippen LogP contribution in [-0.2, 0) is 0 Å². The van der Waals surface area contributed by atoms with Crippen LogP contribution in [0.5, 0.6) is 0 Å². The van der Waals surface area contributed by atoms with E-state index in [0.29, 0.717) is 5.92 Å². The van der Waals surface area contributed by atoms with Crippen molar-refractivity contribution in [2.75, 3.05) is 0 Å². The van der Waals surface area contributed by atoms with Crippen LogP contribution < -0.4 is 0 Å². The molecule has 2 aliphatic carbocycles. The van der Waals surface area contributed by atoms with Crippen molar-refractivity contribution in [3.05, 3.63) is 71.7 Å². The quantitative estimate of drug-likeness (QED) is 0.469. The summed E-state index contributed by atoms with van der Waals surface area (Å²) in [6.07, 6.45) is 17.3. The summed E-state index contributed by atoms with van der Waals surface area (Å²) in [4.78, 5) is 0. The summed E-state index contributed by atoms with van der Waals surface area (Å²) in [5, 5.41) is 0. The van der Waals surface area contributed by atoms with Crippen molar-refractivity contribution in [3.63, 3.8) is 0 Å². The van der Waals surface area contributed by atoms with Crippen LogP contribution in [0, 0.1) is 5.92 Å². The Balaban J connectivity index is 2.49. The Morgan fingerprint density at radius 1 is 0.905 bits per heavy atom. The molecule has 0 aromatic rings. The van der Waals surface area contributed by atoms with E-state index in [9.17, 15) is 4.39 Å². The van der Waals surface area contributed by atoms with E-state index in [1.54, 1.807) is 6.08 Å². The molecule has 0 radical (unpaired) electrons. The first-order chi connectivity index (χ1) is 9.67. The highest BCUT2D eigenvalue weighted by molar-refractivity contribution is 7.82. The number of allylic oxidation sites excluding steroid dienone is 8. The molecule has 0 aromatic carbocycles. The second-order valence-corrected chi connectivity index (χ2v) is 8.02. The van der Waals surface area contributed by atoms with Crippen molar-refractivity contribution in [3.8, 4) is 0 Å². The first-order valence-corrected chi connectivity index (χ1v) is 7.91. The van der Waals surface area contributed by atoms with Crippen LogP contribution in [0.3, 0.4) is 0 Å². The highest BCUT2D eigenvalue weighted by Crippen LogP contribution is 2.32. The number of thiol groups is 2. The Morgan fingerprint density at radius 3 is 2.24 bits per heavy atom. The van der Waals surface area contributed by atoms with Gasteiger partial charge in [0, 0.05) is 9.49 Å². The predicted octanol–water partition coefficient (Wildman–Crippen LogP) is 5.40. The zero-order valence-corrected chi connectivity index (χ0v) is 14.3. The molecule has 0 aromatic heterocycles. The molecule has 21 heavy (non-hydrogen) atoms. The summed E-state index contributed by atoms with van der Waals surface area (Å²) in [5.41, 5.74) is 1.98. The van der Waals surface area contributed by atoms with Crippen LogP contribution in [0.15, 0.2) is 71.7 Å². The zero-order valence-electron chi connectivity index (χ0n) is 12.5. The highest BCUT2D eigenvalue weighted by atomic mass is 32.1. The third-order valence-corrected chi connectivity index (χ3v) is 3.93. The summed E-state index contributed by atoms with van der Waals surface area (Å²) < 4.78 is 12.7. The van der Waals surface area contributed by atoms with Gasteiger partial charge in [-0.25, -0.2) is 4.39 Å². The second kappa shape index (κ2) is 6.05. The fourth-order valence-corrected chi connectivity index (χ4v) is 2.83. The molecule has 0 amide bonds. The molecule has 112 valence electrons. The van der Waals surface area contributed by atoms with E-state index in [1.165, 1.54) is 12.2 Å². The van der Waals surface area contributed by atoms with Crippen LogP contribution in [0.25, 0.3) is 0 Å². The Hall–Kier alpha value is -0.930. The summed E-state index contributed by atoms with van der Waals surface area (Å²) in [6.45, 7) is 6.04. The van der Waals surface area contributed by atoms with Gasteiger partial charge in [-0.1, -0.05) is 49.5 Å². The van der Waals surface area contributed by atoms with E-state index >= 15 is 0 Å². The largest absolute Gasteiger partial charge is 0.207 e. The molecule has 3 heteroatoms. The van der Waals surface area contributed by atoms with Gasteiger partial charge in [0.05, 0.1) is 0 Å². The van der Waals surface area contributed by atoms with Gasteiger partial charge in [0.2, 0.25) is 0 Å². The van der Waals surface area contributed by atoms with Gasteiger partial charge in [-0.2, -0.15) is 25.3 Å². The van der Waals surface area contributed by atoms with E-state index < -0.39 is 4.75 Å². The van der Waals surface area contributed by atoms with Gasteiger partial charge in [-0.3, -0.25) is 0 Å². The molecule has 0 saturated heterocycles. The van der Waals surface area contributed by atoms with Gasteiger partial charge in [0.1, 0.15) is 5.83 Å². The maximum atomic E-state index is 13.7. The molecule has 0 fully saturated rings. The third kappa shape index (κ3) is 4.79. The van der Waals surface area contributed by atoms with Crippen LogP contribution in [-0.4, -0.2) is 9.49 Å². The van der Waals surface area contributed by atoms with Gasteiger partial charge in [-0.15, -0.1) is 0 Å². The SMILES string of the molecule is C[C@@H]1/C=C\C(C2=CC(C)(S)C=C(F)C=C2)=C/C(C)(S)/C=C\1. The summed E-state index contributed by atoms with van der Waals surface area (Å²) in [6, 6.07) is 0. The van der Waals surface area contributed by atoms with Crippen molar-refractivity contribution in [2.45, 2.75) is 30.3 Å². The monoisotopic (exact) mass is 320 g/mol. The minimum atomic E-state index is -0.617. The molecule has 0 spiro atoms. The highest BCUT2D eigenvalue weighted by Gasteiger charge is 2.20. The van der Waals surface area contributed by atoms with Gasteiger partial charge in [0.15, 0.2) is 0 Å². The number of hydrogen-bond donors (Lipinski definition) is 2. The normalized spacial score (nSPS) is 41.8. The molecule has 0 aliphatic heterocycles. The van der Waals surface area contributed by atoms with Crippen molar-refractivity contribution in [1.82, 2.24) is 0 Å². The number of rotatable bonds is 1. The Morgan fingerprint density at radius 2 is 1.52 bits per heavy atom. The average Bonchev–Trinajstić information content (AvgIpc) is 2.48. The second-order valence-electron chi connectivity index (χ2n) is 6.09. The van der Waals surface area contributed by atoms with E-state index in [0.717, 1.165) is 11.1 Å². The lowest BCUT2D eigenvalue weighted by atomic mass is 9.93. The summed E-state index contributed by atoms with van der Waals surface area (Å²) >= 11 is 9.20. The van der Waals surface area contributed by atoms with Crippen LogP contribution >= 0.6 is 25.3 Å². The zero-order chi connectivity index (χ0) is 15.7. The summed E-state index contributed by atoms with van der Waals surface area (Å²) in [5.74, 6) is 0.0730. The van der Waals surface area contributed by atoms with Gasteiger partial charge in [0.25, 0.3) is 0 Å². The maximum Gasteiger partial charge on any atom is 0.120 e. The first kappa shape index (κ1) is 16.4. The lowest BCUT2D eigenvalue weighted by molar-refractivity contribution is 0.658.